The zero-order valence-corrected chi connectivity index (χ0v) is 10.7. The van der Waals surface area contributed by atoms with Crippen LogP contribution in [-0.4, -0.2) is 41.1 Å². The van der Waals surface area contributed by atoms with Crippen molar-refractivity contribution in [2.75, 3.05) is 13.1 Å². The molecule has 0 aromatic rings. The van der Waals surface area contributed by atoms with Gasteiger partial charge >= 0.3 is 12.0 Å². The van der Waals surface area contributed by atoms with Crippen LogP contribution >= 0.6 is 0 Å². The third-order valence-electron chi connectivity index (χ3n) is 3.20. The predicted octanol–water partition coefficient (Wildman–Crippen LogP) is 1.99. The molecule has 0 aromatic carbocycles. The van der Waals surface area contributed by atoms with Crippen molar-refractivity contribution in [1.82, 2.24) is 10.2 Å². The lowest BCUT2D eigenvalue weighted by Crippen LogP contribution is -2.48. The molecule has 2 amide bonds. The van der Waals surface area contributed by atoms with Gasteiger partial charge in [-0.05, 0) is 32.1 Å². The standard InChI is InChI=1S/C13H22N2O3/c1-2-3-9-14-13(18)15-10-5-4-6-11(15)7-8-12(16)17/h2,11H,1,3-10H2,(H,14,18)(H,16,17). The van der Waals surface area contributed by atoms with Gasteiger partial charge in [0.05, 0.1) is 0 Å². The van der Waals surface area contributed by atoms with E-state index in [9.17, 15) is 9.59 Å². The van der Waals surface area contributed by atoms with Gasteiger partial charge in [-0.1, -0.05) is 6.08 Å². The minimum Gasteiger partial charge on any atom is -0.481 e. The van der Waals surface area contributed by atoms with E-state index >= 15 is 0 Å². The lowest BCUT2D eigenvalue weighted by atomic mass is 9.98. The van der Waals surface area contributed by atoms with Crippen LogP contribution in [0.5, 0.6) is 0 Å². The first-order valence-corrected chi connectivity index (χ1v) is 6.52. The molecule has 1 fully saturated rings. The van der Waals surface area contributed by atoms with Gasteiger partial charge in [-0.15, -0.1) is 6.58 Å². The first-order valence-electron chi connectivity index (χ1n) is 6.52. The number of aliphatic carboxylic acids is 1. The van der Waals surface area contributed by atoms with Gasteiger partial charge in [0.15, 0.2) is 0 Å². The van der Waals surface area contributed by atoms with E-state index < -0.39 is 5.97 Å². The molecule has 1 aliphatic rings. The normalized spacial score (nSPS) is 19.3. The number of carbonyl (C=O) groups is 2. The molecular formula is C13H22N2O3. The summed E-state index contributed by atoms with van der Waals surface area (Å²) in [6.07, 6.45) is 6.16. The smallest absolute Gasteiger partial charge is 0.317 e. The van der Waals surface area contributed by atoms with Crippen molar-refractivity contribution >= 4 is 12.0 Å². The molecule has 102 valence electrons. The Morgan fingerprint density at radius 3 is 2.89 bits per heavy atom. The minimum absolute atomic E-state index is 0.0681. The molecule has 0 bridgehead atoms. The molecule has 0 saturated carbocycles. The molecule has 0 aliphatic carbocycles. The molecule has 1 aliphatic heterocycles. The Morgan fingerprint density at radius 2 is 2.22 bits per heavy atom. The minimum atomic E-state index is -0.799. The number of carboxylic acids is 1. The van der Waals surface area contributed by atoms with Gasteiger partial charge < -0.3 is 15.3 Å². The Hall–Kier alpha value is -1.52. The lowest BCUT2D eigenvalue weighted by molar-refractivity contribution is -0.137. The van der Waals surface area contributed by atoms with Crippen LogP contribution in [-0.2, 0) is 4.79 Å². The zero-order chi connectivity index (χ0) is 13.4. The SMILES string of the molecule is C=CCCNC(=O)N1CCCCC1CCC(=O)O. The Kier molecular flexibility index (Phi) is 6.25. The highest BCUT2D eigenvalue weighted by molar-refractivity contribution is 5.74. The van der Waals surface area contributed by atoms with Crippen LogP contribution < -0.4 is 5.32 Å². The fourth-order valence-electron chi connectivity index (χ4n) is 2.24. The van der Waals surface area contributed by atoms with E-state index in [1.165, 1.54) is 0 Å². The van der Waals surface area contributed by atoms with Crippen molar-refractivity contribution in [3.05, 3.63) is 12.7 Å². The van der Waals surface area contributed by atoms with Gasteiger partial charge in [0, 0.05) is 25.6 Å². The van der Waals surface area contributed by atoms with Crippen LogP contribution in [0.25, 0.3) is 0 Å². The summed E-state index contributed by atoms with van der Waals surface area (Å²) in [5.74, 6) is -0.799. The van der Waals surface area contributed by atoms with Crippen molar-refractivity contribution in [3.63, 3.8) is 0 Å². The van der Waals surface area contributed by atoms with E-state index in [1.807, 2.05) is 0 Å². The van der Waals surface area contributed by atoms with E-state index in [4.69, 9.17) is 5.11 Å². The van der Waals surface area contributed by atoms with Crippen molar-refractivity contribution in [2.45, 2.75) is 44.6 Å². The van der Waals surface area contributed by atoms with E-state index in [0.29, 0.717) is 13.0 Å². The Balaban J connectivity index is 2.44. The summed E-state index contributed by atoms with van der Waals surface area (Å²) in [5.41, 5.74) is 0. The van der Waals surface area contributed by atoms with Gasteiger partial charge in [0.2, 0.25) is 0 Å². The topological polar surface area (TPSA) is 69.6 Å². The average Bonchev–Trinajstić information content (AvgIpc) is 2.37. The fourth-order valence-corrected chi connectivity index (χ4v) is 2.24. The van der Waals surface area contributed by atoms with Crippen LogP contribution in [0.2, 0.25) is 0 Å². The number of nitrogens with zero attached hydrogens (tertiary/aromatic N) is 1. The summed E-state index contributed by atoms with van der Waals surface area (Å²) in [6, 6.07) is -0.00878. The average molecular weight is 254 g/mol. The number of carboxylic acid groups (broad SMARTS) is 1. The Bertz CT molecular complexity index is 305. The molecular weight excluding hydrogens is 232 g/mol. The third-order valence-corrected chi connectivity index (χ3v) is 3.20. The molecule has 5 heteroatoms. The molecule has 5 nitrogen and oxygen atoms in total. The van der Waals surface area contributed by atoms with Crippen LogP contribution in [0.4, 0.5) is 4.79 Å². The molecule has 18 heavy (non-hydrogen) atoms. The van der Waals surface area contributed by atoms with E-state index in [2.05, 4.69) is 11.9 Å². The summed E-state index contributed by atoms with van der Waals surface area (Å²) in [5, 5.41) is 11.6. The van der Waals surface area contributed by atoms with Crippen LogP contribution in [0.15, 0.2) is 12.7 Å². The van der Waals surface area contributed by atoms with Crippen molar-refractivity contribution in [3.8, 4) is 0 Å². The summed E-state index contributed by atoms with van der Waals surface area (Å²) < 4.78 is 0. The van der Waals surface area contributed by atoms with Gasteiger partial charge in [0.1, 0.15) is 0 Å². The number of hydrogen-bond acceptors (Lipinski definition) is 2. The summed E-state index contributed by atoms with van der Waals surface area (Å²) in [7, 11) is 0. The monoisotopic (exact) mass is 254 g/mol. The fraction of sp³-hybridized carbons (Fsp3) is 0.692. The van der Waals surface area contributed by atoms with E-state index in [1.54, 1.807) is 11.0 Å². The first kappa shape index (κ1) is 14.5. The molecule has 1 saturated heterocycles. The molecule has 1 atom stereocenters. The second-order valence-electron chi connectivity index (χ2n) is 4.58. The molecule has 0 radical (unpaired) electrons. The zero-order valence-electron chi connectivity index (χ0n) is 10.7. The van der Waals surface area contributed by atoms with E-state index in [-0.39, 0.29) is 18.5 Å². The molecule has 1 heterocycles. The van der Waals surface area contributed by atoms with Gasteiger partial charge in [-0.2, -0.15) is 0 Å². The number of rotatable bonds is 6. The van der Waals surface area contributed by atoms with Gasteiger partial charge in [0.25, 0.3) is 0 Å². The summed E-state index contributed by atoms with van der Waals surface area (Å²) in [4.78, 5) is 24.3. The highest BCUT2D eigenvalue weighted by Gasteiger charge is 2.26. The predicted molar refractivity (Wildman–Crippen MR) is 69.4 cm³/mol. The maximum Gasteiger partial charge on any atom is 0.317 e. The second-order valence-corrected chi connectivity index (χ2v) is 4.58. The number of piperidine rings is 1. The number of hydrogen-bond donors (Lipinski definition) is 2. The highest BCUT2D eigenvalue weighted by atomic mass is 16.4. The summed E-state index contributed by atoms with van der Waals surface area (Å²) in [6.45, 7) is 4.92. The van der Waals surface area contributed by atoms with Gasteiger partial charge in [-0.25, -0.2) is 4.79 Å². The molecule has 1 unspecified atom stereocenters. The maximum absolute atomic E-state index is 12.0. The maximum atomic E-state index is 12.0. The third kappa shape index (κ3) is 4.77. The number of urea groups is 1. The largest absolute Gasteiger partial charge is 0.481 e. The van der Waals surface area contributed by atoms with Crippen molar-refractivity contribution < 1.29 is 14.7 Å². The van der Waals surface area contributed by atoms with Gasteiger partial charge in [-0.3, -0.25) is 4.79 Å². The van der Waals surface area contributed by atoms with Crippen LogP contribution in [0.3, 0.4) is 0 Å². The lowest BCUT2D eigenvalue weighted by Gasteiger charge is -2.35. The molecule has 2 N–H and O–H groups in total. The quantitative estimate of drug-likeness (QED) is 0.562. The molecule has 1 rings (SSSR count). The number of carbonyl (C=O) groups excluding carboxylic acids is 1. The molecule has 0 aromatic heterocycles. The Labute approximate surface area is 108 Å². The number of amides is 2. The van der Waals surface area contributed by atoms with Crippen LogP contribution in [0, 0.1) is 0 Å². The second kappa shape index (κ2) is 7.74. The van der Waals surface area contributed by atoms with Crippen molar-refractivity contribution in [2.24, 2.45) is 0 Å². The number of likely N-dealkylation sites (tertiary alicyclic amines) is 1. The van der Waals surface area contributed by atoms with Crippen molar-refractivity contribution in [1.29, 1.82) is 0 Å². The summed E-state index contributed by atoms with van der Waals surface area (Å²) >= 11 is 0. The Morgan fingerprint density at radius 1 is 1.44 bits per heavy atom. The highest BCUT2D eigenvalue weighted by Crippen LogP contribution is 2.20. The number of nitrogens with one attached hydrogen (secondary N) is 1. The van der Waals surface area contributed by atoms with E-state index in [0.717, 1.165) is 32.2 Å². The first-order chi connectivity index (χ1) is 8.65. The molecule has 0 spiro atoms. The van der Waals surface area contributed by atoms with Crippen LogP contribution in [0.1, 0.15) is 38.5 Å².